The molecule has 82 valence electrons. The molecule has 3 heteroatoms. The molecule has 0 aromatic rings. The lowest BCUT2D eigenvalue weighted by molar-refractivity contribution is -0.140. The van der Waals surface area contributed by atoms with Gasteiger partial charge in [-0.15, -0.1) is 0 Å². The SMILES string of the molecule is O=C(O)CC1C[C@H]2[C@@H]3CC[C@@H](C3)[C@H]2C1=O. The molecule has 0 aliphatic heterocycles. The largest absolute Gasteiger partial charge is 0.481 e. The zero-order chi connectivity index (χ0) is 10.6. The number of rotatable bonds is 2. The van der Waals surface area contributed by atoms with Gasteiger partial charge in [0.2, 0.25) is 0 Å². The van der Waals surface area contributed by atoms with Crippen LogP contribution in [-0.4, -0.2) is 16.9 Å². The van der Waals surface area contributed by atoms with E-state index in [2.05, 4.69) is 0 Å². The number of carboxylic acids is 1. The monoisotopic (exact) mass is 208 g/mol. The van der Waals surface area contributed by atoms with Gasteiger partial charge in [0.15, 0.2) is 0 Å². The maximum Gasteiger partial charge on any atom is 0.304 e. The van der Waals surface area contributed by atoms with Gasteiger partial charge in [-0.2, -0.15) is 0 Å². The van der Waals surface area contributed by atoms with Crippen molar-refractivity contribution in [1.82, 2.24) is 0 Å². The lowest BCUT2D eigenvalue weighted by Gasteiger charge is -2.22. The van der Waals surface area contributed by atoms with Crippen molar-refractivity contribution < 1.29 is 14.7 Å². The van der Waals surface area contributed by atoms with E-state index in [-0.39, 0.29) is 24.0 Å². The summed E-state index contributed by atoms with van der Waals surface area (Å²) in [6.07, 6.45) is 4.64. The van der Waals surface area contributed by atoms with Gasteiger partial charge >= 0.3 is 5.97 Å². The number of hydrogen-bond acceptors (Lipinski definition) is 2. The van der Waals surface area contributed by atoms with Crippen molar-refractivity contribution in [3.8, 4) is 0 Å². The molecule has 3 fully saturated rings. The van der Waals surface area contributed by atoms with Crippen LogP contribution in [0, 0.1) is 29.6 Å². The maximum absolute atomic E-state index is 12.0. The van der Waals surface area contributed by atoms with E-state index in [0.29, 0.717) is 11.8 Å². The summed E-state index contributed by atoms with van der Waals surface area (Å²) in [4.78, 5) is 22.7. The van der Waals surface area contributed by atoms with Crippen LogP contribution in [0.4, 0.5) is 0 Å². The molecule has 0 aromatic carbocycles. The lowest BCUT2D eigenvalue weighted by Crippen LogP contribution is -2.23. The minimum atomic E-state index is -0.819. The van der Waals surface area contributed by atoms with E-state index in [9.17, 15) is 9.59 Å². The molecule has 3 aliphatic rings. The van der Waals surface area contributed by atoms with Crippen molar-refractivity contribution in [2.45, 2.75) is 32.1 Å². The highest BCUT2D eigenvalue weighted by molar-refractivity contribution is 5.89. The van der Waals surface area contributed by atoms with Crippen molar-refractivity contribution >= 4 is 11.8 Å². The van der Waals surface area contributed by atoms with E-state index in [1.165, 1.54) is 19.3 Å². The van der Waals surface area contributed by atoms with Crippen molar-refractivity contribution in [3.63, 3.8) is 0 Å². The summed E-state index contributed by atoms with van der Waals surface area (Å²) < 4.78 is 0. The summed E-state index contributed by atoms with van der Waals surface area (Å²) in [6.45, 7) is 0. The normalized spacial score (nSPS) is 47.2. The van der Waals surface area contributed by atoms with Crippen LogP contribution in [0.25, 0.3) is 0 Å². The number of carbonyl (C=O) groups excluding carboxylic acids is 1. The Morgan fingerprint density at radius 1 is 1.27 bits per heavy atom. The van der Waals surface area contributed by atoms with Gasteiger partial charge in [0.1, 0.15) is 5.78 Å². The third-order valence-corrected chi connectivity index (χ3v) is 4.80. The molecule has 3 rings (SSSR count). The first kappa shape index (κ1) is 9.37. The van der Waals surface area contributed by atoms with Gasteiger partial charge in [-0.1, -0.05) is 0 Å². The highest BCUT2D eigenvalue weighted by Gasteiger charge is 2.56. The highest BCUT2D eigenvalue weighted by atomic mass is 16.4. The molecule has 3 saturated carbocycles. The molecule has 15 heavy (non-hydrogen) atoms. The number of Topliss-reactive ketones (excluding diaryl/α,β-unsaturated/α-hetero) is 1. The number of ketones is 1. The Morgan fingerprint density at radius 3 is 2.67 bits per heavy atom. The number of hydrogen-bond donors (Lipinski definition) is 1. The van der Waals surface area contributed by atoms with Crippen LogP contribution in [0.15, 0.2) is 0 Å². The van der Waals surface area contributed by atoms with Crippen molar-refractivity contribution in [3.05, 3.63) is 0 Å². The zero-order valence-corrected chi connectivity index (χ0v) is 8.69. The Morgan fingerprint density at radius 2 is 2.00 bits per heavy atom. The van der Waals surface area contributed by atoms with Gasteiger partial charge in [0.05, 0.1) is 6.42 Å². The van der Waals surface area contributed by atoms with Crippen molar-refractivity contribution in [2.24, 2.45) is 29.6 Å². The van der Waals surface area contributed by atoms with Crippen LogP contribution in [0.5, 0.6) is 0 Å². The Balaban J connectivity index is 1.78. The fraction of sp³-hybridized carbons (Fsp3) is 0.833. The minimum Gasteiger partial charge on any atom is -0.481 e. The number of aliphatic carboxylic acids is 1. The van der Waals surface area contributed by atoms with Crippen LogP contribution in [0.2, 0.25) is 0 Å². The molecule has 0 spiro atoms. The Kier molecular flexibility index (Phi) is 1.91. The van der Waals surface area contributed by atoms with Crippen LogP contribution >= 0.6 is 0 Å². The molecule has 2 bridgehead atoms. The van der Waals surface area contributed by atoms with E-state index in [1.807, 2.05) is 0 Å². The van der Waals surface area contributed by atoms with Crippen LogP contribution in [-0.2, 0) is 9.59 Å². The number of fused-ring (bicyclic) bond motifs is 5. The van der Waals surface area contributed by atoms with E-state index in [4.69, 9.17) is 5.11 Å². The second-order valence-electron chi connectivity index (χ2n) is 5.46. The molecule has 3 aliphatic carbocycles. The van der Waals surface area contributed by atoms with Gasteiger partial charge in [0, 0.05) is 11.8 Å². The van der Waals surface area contributed by atoms with Crippen molar-refractivity contribution in [1.29, 1.82) is 0 Å². The molecule has 1 N–H and O–H groups in total. The highest BCUT2D eigenvalue weighted by Crippen LogP contribution is 2.58. The topological polar surface area (TPSA) is 54.4 Å². The molecule has 0 aromatic heterocycles. The molecule has 1 unspecified atom stereocenters. The van der Waals surface area contributed by atoms with Crippen LogP contribution in [0.1, 0.15) is 32.1 Å². The average Bonchev–Trinajstić information content (AvgIpc) is 2.79. The van der Waals surface area contributed by atoms with E-state index < -0.39 is 5.97 Å². The standard InChI is InChI=1S/C12H16O3/c13-10(14)5-8-4-9-6-1-2-7(3-6)11(9)12(8)15/h6-9,11H,1-5H2,(H,13,14)/t6-,7+,8?,9+,11-/m1/s1. The third-order valence-electron chi connectivity index (χ3n) is 4.80. The predicted octanol–water partition coefficient (Wildman–Crippen LogP) is 1.71. The lowest BCUT2D eigenvalue weighted by atomic mass is 9.81. The van der Waals surface area contributed by atoms with Gasteiger partial charge in [-0.25, -0.2) is 0 Å². The van der Waals surface area contributed by atoms with E-state index in [1.54, 1.807) is 0 Å². The van der Waals surface area contributed by atoms with Crippen LogP contribution < -0.4 is 0 Å². The summed E-state index contributed by atoms with van der Waals surface area (Å²) in [5.41, 5.74) is 0. The molecule has 0 amide bonds. The number of carbonyl (C=O) groups is 2. The summed E-state index contributed by atoms with van der Waals surface area (Å²) in [7, 11) is 0. The fourth-order valence-corrected chi connectivity index (χ4v) is 4.30. The first-order valence-corrected chi connectivity index (χ1v) is 5.92. The van der Waals surface area contributed by atoms with Gasteiger partial charge in [-0.3, -0.25) is 9.59 Å². The maximum atomic E-state index is 12.0. The van der Waals surface area contributed by atoms with Crippen LogP contribution in [0.3, 0.4) is 0 Å². The molecular weight excluding hydrogens is 192 g/mol. The Hall–Kier alpha value is -0.860. The molecule has 0 radical (unpaired) electrons. The Bertz CT molecular complexity index is 323. The quantitative estimate of drug-likeness (QED) is 0.751. The summed E-state index contributed by atoms with van der Waals surface area (Å²) >= 11 is 0. The molecule has 5 atom stereocenters. The second kappa shape index (κ2) is 3.06. The van der Waals surface area contributed by atoms with Gasteiger partial charge in [-0.05, 0) is 43.4 Å². The van der Waals surface area contributed by atoms with E-state index in [0.717, 1.165) is 12.3 Å². The average molecular weight is 208 g/mol. The summed E-state index contributed by atoms with van der Waals surface area (Å²) in [5, 5.41) is 8.75. The second-order valence-corrected chi connectivity index (χ2v) is 5.46. The minimum absolute atomic E-state index is 0.0608. The predicted molar refractivity (Wildman–Crippen MR) is 53.2 cm³/mol. The van der Waals surface area contributed by atoms with Gasteiger partial charge in [0.25, 0.3) is 0 Å². The third kappa shape index (κ3) is 1.25. The summed E-state index contributed by atoms with van der Waals surface area (Å²) in [5.74, 6) is 1.42. The summed E-state index contributed by atoms with van der Waals surface area (Å²) in [6, 6.07) is 0. The molecular formula is C12H16O3. The fourth-order valence-electron chi connectivity index (χ4n) is 4.30. The Labute approximate surface area is 88.9 Å². The first-order chi connectivity index (χ1) is 7.16. The smallest absolute Gasteiger partial charge is 0.304 e. The molecule has 3 nitrogen and oxygen atoms in total. The van der Waals surface area contributed by atoms with Crippen molar-refractivity contribution in [2.75, 3.05) is 0 Å². The first-order valence-electron chi connectivity index (χ1n) is 5.92. The zero-order valence-electron chi connectivity index (χ0n) is 8.69. The van der Waals surface area contributed by atoms with E-state index >= 15 is 0 Å². The molecule has 0 heterocycles. The number of carboxylic acid groups (broad SMARTS) is 1. The van der Waals surface area contributed by atoms with Gasteiger partial charge < -0.3 is 5.11 Å². The molecule has 0 saturated heterocycles.